The Morgan fingerprint density at radius 2 is 1.56 bits per heavy atom. The highest BCUT2D eigenvalue weighted by molar-refractivity contribution is 5.97. The molecule has 0 spiro atoms. The molecule has 4 aromatic carbocycles. The summed E-state index contributed by atoms with van der Waals surface area (Å²) in [7, 11) is 0. The van der Waals surface area contributed by atoms with Crippen molar-refractivity contribution in [3.8, 4) is 16.9 Å². The predicted molar refractivity (Wildman–Crippen MR) is 241 cm³/mol. The number of nitrogens with zero attached hydrogens (tertiary/aromatic N) is 1. The molecule has 2 heterocycles. The van der Waals surface area contributed by atoms with Crippen LogP contribution in [0.4, 0.5) is 0 Å². The average molecular weight is 872 g/mol. The number of amides is 6. The van der Waals surface area contributed by atoms with Gasteiger partial charge < -0.3 is 47.1 Å². The first-order valence-corrected chi connectivity index (χ1v) is 21.7. The molecule has 0 unspecified atom stereocenters. The first-order chi connectivity index (χ1) is 31.0. The molecule has 0 radical (unpaired) electrons. The summed E-state index contributed by atoms with van der Waals surface area (Å²) < 4.78 is 5.36. The van der Waals surface area contributed by atoms with Gasteiger partial charge in [-0.2, -0.15) is 0 Å². The Balaban J connectivity index is 1.31. The van der Waals surface area contributed by atoms with E-state index in [0.29, 0.717) is 55.6 Å². The van der Waals surface area contributed by atoms with E-state index in [2.05, 4.69) is 26.6 Å². The number of hydrogen-bond acceptors (Lipinski definition) is 9. The zero-order valence-corrected chi connectivity index (χ0v) is 35.9. The molecule has 0 aromatic heterocycles. The van der Waals surface area contributed by atoms with Crippen molar-refractivity contribution in [2.75, 3.05) is 45.9 Å². The first kappa shape index (κ1) is 46.7. The van der Waals surface area contributed by atoms with Crippen LogP contribution in [-0.2, 0) is 59.3 Å². The lowest BCUT2D eigenvalue weighted by molar-refractivity contribution is -0.141. The molecule has 15 heteroatoms. The van der Waals surface area contributed by atoms with Crippen molar-refractivity contribution in [1.82, 2.24) is 31.5 Å². The average Bonchev–Trinajstić information content (AvgIpc) is 3.30. The van der Waals surface area contributed by atoms with Crippen molar-refractivity contribution in [2.24, 2.45) is 11.1 Å². The number of piperidine rings is 1. The molecule has 3 atom stereocenters. The maximum Gasteiger partial charge on any atom is 0.246 e. The summed E-state index contributed by atoms with van der Waals surface area (Å²) in [6.07, 6.45) is 3.57. The second kappa shape index (κ2) is 23.0. The number of carbonyl (C=O) groups is 6. The zero-order chi connectivity index (χ0) is 45.3. The topological polar surface area (TPSA) is 221 Å². The minimum absolute atomic E-state index is 0.00796. The summed E-state index contributed by atoms with van der Waals surface area (Å²) in [4.78, 5) is 84.3. The SMILES string of the molecule is NCCOCCNC(=O)[C@@H]1CCNC(=O)/C=C/C(=O)N2CCC[C@](Cc3ccccc3)(C2)C(=O)N[C@@H](Cc2ccc(-c3ccccc3O)cc2)C(=O)NCc2ccccc2CC(=O)N1. The molecule has 0 aliphatic carbocycles. The largest absolute Gasteiger partial charge is 0.507 e. The van der Waals surface area contributed by atoms with Gasteiger partial charge in [-0.05, 0) is 59.6 Å². The van der Waals surface area contributed by atoms with Crippen LogP contribution < -0.4 is 32.3 Å². The van der Waals surface area contributed by atoms with Gasteiger partial charge in [-0.25, -0.2) is 0 Å². The Morgan fingerprint density at radius 1 is 0.828 bits per heavy atom. The number of ether oxygens (including phenoxy) is 1. The van der Waals surface area contributed by atoms with E-state index in [4.69, 9.17) is 10.5 Å². The molecule has 8 N–H and O–H groups in total. The van der Waals surface area contributed by atoms with Crippen LogP contribution in [0.15, 0.2) is 115 Å². The van der Waals surface area contributed by atoms with Gasteiger partial charge >= 0.3 is 0 Å². The van der Waals surface area contributed by atoms with E-state index in [1.165, 1.54) is 0 Å². The molecule has 0 saturated carbocycles. The number of phenolic OH excluding ortho intramolecular Hbond substituents is 1. The minimum atomic E-state index is -1.12. The molecule has 336 valence electrons. The smallest absolute Gasteiger partial charge is 0.246 e. The van der Waals surface area contributed by atoms with Crippen molar-refractivity contribution in [3.05, 3.63) is 138 Å². The van der Waals surface area contributed by atoms with Gasteiger partial charge in [0, 0.05) is 63.4 Å². The van der Waals surface area contributed by atoms with Crippen LogP contribution >= 0.6 is 0 Å². The normalized spacial score (nSPS) is 20.8. The molecule has 2 bridgehead atoms. The van der Waals surface area contributed by atoms with Gasteiger partial charge in [0.2, 0.25) is 35.4 Å². The van der Waals surface area contributed by atoms with Crippen molar-refractivity contribution in [2.45, 2.75) is 57.2 Å². The molecule has 15 nitrogen and oxygen atoms in total. The van der Waals surface area contributed by atoms with E-state index in [0.717, 1.165) is 28.8 Å². The van der Waals surface area contributed by atoms with Crippen LogP contribution in [0.25, 0.3) is 11.1 Å². The highest BCUT2D eigenvalue weighted by Crippen LogP contribution is 2.35. The Kier molecular flexibility index (Phi) is 16.8. The van der Waals surface area contributed by atoms with E-state index in [1.54, 1.807) is 41.3 Å². The number of fused-ring (bicyclic) bond motifs is 3. The third-order valence-corrected chi connectivity index (χ3v) is 11.5. The van der Waals surface area contributed by atoms with Gasteiger partial charge in [0.05, 0.1) is 25.0 Å². The van der Waals surface area contributed by atoms with E-state index in [9.17, 15) is 33.9 Å². The third kappa shape index (κ3) is 13.1. The van der Waals surface area contributed by atoms with Crippen LogP contribution in [0.3, 0.4) is 0 Å². The van der Waals surface area contributed by atoms with Gasteiger partial charge in [-0.3, -0.25) is 28.8 Å². The van der Waals surface area contributed by atoms with E-state index in [1.807, 2.05) is 66.7 Å². The molecule has 1 saturated heterocycles. The number of hydrogen-bond donors (Lipinski definition) is 7. The van der Waals surface area contributed by atoms with Crippen LogP contribution in [0.1, 0.15) is 41.5 Å². The zero-order valence-electron chi connectivity index (χ0n) is 35.9. The Labute approximate surface area is 373 Å². The van der Waals surface area contributed by atoms with Gasteiger partial charge in [-0.15, -0.1) is 0 Å². The molecule has 6 rings (SSSR count). The summed E-state index contributed by atoms with van der Waals surface area (Å²) in [5.74, 6) is -2.67. The minimum Gasteiger partial charge on any atom is -0.507 e. The van der Waals surface area contributed by atoms with Gasteiger partial charge in [0.15, 0.2) is 0 Å². The molecule has 64 heavy (non-hydrogen) atoms. The summed E-state index contributed by atoms with van der Waals surface area (Å²) in [5.41, 5.74) is 8.70. The Bertz CT molecular complexity index is 2290. The second-order valence-corrected chi connectivity index (χ2v) is 16.1. The van der Waals surface area contributed by atoms with Crippen molar-refractivity contribution >= 4 is 35.4 Å². The quantitative estimate of drug-likeness (QED) is 0.110. The highest BCUT2D eigenvalue weighted by atomic mass is 16.5. The number of rotatable bonds is 11. The van der Waals surface area contributed by atoms with Crippen LogP contribution in [-0.4, -0.2) is 103 Å². The number of carbonyl (C=O) groups excluding carboxylic acids is 6. The van der Waals surface area contributed by atoms with Gasteiger partial charge in [0.1, 0.15) is 17.8 Å². The van der Waals surface area contributed by atoms with Crippen molar-refractivity contribution in [3.63, 3.8) is 0 Å². The molecule has 2 aliphatic rings. The summed E-state index contributed by atoms with van der Waals surface area (Å²) in [6, 6.07) is 29.0. The maximum absolute atomic E-state index is 14.9. The van der Waals surface area contributed by atoms with Crippen molar-refractivity contribution < 1.29 is 38.6 Å². The molecule has 4 aromatic rings. The summed E-state index contributed by atoms with van der Waals surface area (Å²) in [6.45, 7) is 1.50. The standard InChI is InChI=1S/C49H57N7O8/c50-23-27-64-28-25-52-46(61)40-21-24-51-43(58)19-20-45(60)56-26-8-22-49(33-56,31-35-9-2-1-3-10-35)48(63)55-41(29-34-15-17-36(18-16-34)39-13-6-7-14-42(39)57)47(62)53-32-38-12-5-4-11-37(38)30-44(59)54-40/h1-7,9-20,40-41,57H,8,21-33,50H2,(H,51,58)(H,52,61)(H,53,62)(H,54,59)(H,55,63)/b20-19+/t40-,41-,49-/m0/s1. The fourth-order valence-electron chi connectivity index (χ4n) is 8.11. The lowest BCUT2D eigenvalue weighted by atomic mass is 9.74. The van der Waals surface area contributed by atoms with Crippen LogP contribution in [0.5, 0.6) is 5.75 Å². The number of nitrogens with one attached hydrogen (secondary N) is 5. The summed E-state index contributed by atoms with van der Waals surface area (Å²) >= 11 is 0. The number of aromatic hydroxyl groups is 1. The number of benzene rings is 4. The van der Waals surface area contributed by atoms with Gasteiger partial charge in [-0.1, -0.05) is 97.1 Å². The predicted octanol–water partition coefficient (Wildman–Crippen LogP) is 2.45. The monoisotopic (exact) mass is 871 g/mol. The maximum atomic E-state index is 14.9. The first-order valence-electron chi connectivity index (χ1n) is 21.7. The highest BCUT2D eigenvalue weighted by Gasteiger charge is 2.44. The molecule has 1 fully saturated rings. The van der Waals surface area contributed by atoms with E-state index < -0.39 is 47.0 Å². The summed E-state index contributed by atoms with van der Waals surface area (Å²) in [5, 5.41) is 24.8. The van der Waals surface area contributed by atoms with Crippen LogP contribution in [0.2, 0.25) is 0 Å². The van der Waals surface area contributed by atoms with E-state index >= 15 is 0 Å². The fraction of sp³-hybridized carbons (Fsp3) is 0.347. The molecular formula is C49H57N7O8. The Morgan fingerprint density at radius 3 is 2.33 bits per heavy atom. The number of nitrogens with two attached hydrogens (primary N) is 1. The number of para-hydroxylation sites is 1. The van der Waals surface area contributed by atoms with Gasteiger partial charge in [0.25, 0.3) is 0 Å². The third-order valence-electron chi connectivity index (χ3n) is 11.5. The molecule has 6 amide bonds. The molecular weight excluding hydrogens is 815 g/mol. The lowest BCUT2D eigenvalue weighted by Gasteiger charge is -2.42. The van der Waals surface area contributed by atoms with E-state index in [-0.39, 0.29) is 63.7 Å². The lowest BCUT2D eigenvalue weighted by Crippen LogP contribution is -2.58. The Hall–Kier alpha value is -6.84. The number of phenols is 1. The fourth-order valence-corrected chi connectivity index (χ4v) is 8.11. The molecule has 2 aliphatic heterocycles. The van der Waals surface area contributed by atoms with Crippen molar-refractivity contribution in [1.29, 1.82) is 0 Å². The second-order valence-electron chi connectivity index (χ2n) is 16.1. The van der Waals surface area contributed by atoms with Crippen LogP contribution in [0, 0.1) is 5.41 Å².